The highest BCUT2D eigenvalue weighted by molar-refractivity contribution is 5.60. The Morgan fingerprint density at radius 1 is 1.29 bits per heavy atom. The molecule has 1 N–H and O–H groups in total. The van der Waals surface area contributed by atoms with E-state index in [0.29, 0.717) is 18.1 Å². The third-order valence-electron chi connectivity index (χ3n) is 4.33. The molecular formula is C16H28N4O. The van der Waals surface area contributed by atoms with Crippen molar-refractivity contribution >= 4 is 11.6 Å². The van der Waals surface area contributed by atoms with E-state index in [0.717, 1.165) is 31.1 Å². The van der Waals surface area contributed by atoms with Crippen molar-refractivity contribution in [2.24, 2.45) is 5.92 Å². The first-order valence-corrected chi connectivity index (χ1v) is 8.02. The molecule has 1 fully saturated rings. The molecule has 2 atom stereocenters. The average molecular weight is 292 g/mol. The van der Waals surface area contributed by atoms with Crippen molar-refractivity contribution in [1.29, 1.82) is 0 Å². The zero-order valence-electron chi connectivity index (χ0n) is 13.7. The van der Waals surface area contributed by atoms with Gasteiger partial charge in [0.1, 0.15) is 0 Å². The van der Waals surface area contributed by atoms with Gasteiger partial charge in [-0.1, -0.05) is 26.7 Å². The summed E-state index contributed by atoms with van der Waals surface area (Å²) in [4.78, 5) is 10.8. The first kappa shape index (κ1) is 16.0. The monoisotopic (exact) mass is 292 g/mol. The summed E-state index contributed by atoms with van der Waals surface area (Å²) in [6.45, 7) is 5.33. The number of anilines is 2. The minimum atomic E-state index is 0.366. The van der Waals surface area contributed by atoms with Crippen LogP contribution in [-0.2, 0) is 4.74 Å². The van der Waals surface area contributed by atoms with Crippen molar-refractivity contribution in [2.45, 2.75) is 51.7 Å². The zero-order valence-corrected chi connectivity index (χ0v) is 13.7. The second-order valence-electron chi connectivity index (χ2n) is 5.97. The lowest BCUT2D eigenvalue weighted by Gasteiger charge is -2.35. The van der Waals surface area contributed by atoms with Gasteiger partial charge in [0.2, 0.25) is 0 Å². The number of aromatic nitrogens is 2. The van der Waals surface area contributed by atoms with Gasteiger partial charge in [-0.15, -0.1) is 0 Å². The Morgan fingerprint density at radius 2 is 2.00 bits per heavy atom. The molecule has 0 aromatic carbocycles. The summed E-state index contributed by atoms with van der Waals surface area (Å²) < 4.78 is 5.98. The van der Waals surface area contributed by atoms with Crippen molar-refractivity contribution in [1.82, 2.24) is 9.97 Å². The molecule has 0 spiro atoms. The Morgan fingerprint density at radius 3 is 2.67 bits per heavy atom. The fourth-order valence-corrected chi connectivity index (χ4v) is 3.06. The van der Waals surface area contributed by atoms with Gasteiger partial charge in [0.25, 0.3) is 0 Å². The van der Waals surface area contributed by atoms with E-state index in [4.69, 9.17) is 4.74 Å². The zero-order chi connectivity index (χ0) is 15.2. The van der Waals surface area contributed by atoms with Crippen molar-refractivity contribution in [3.63, 3.8) is 0 Å². The molecule has 1 aromatic heterocycles. The molecule has 0 radical (unpaired) electrons. The van der Waals surface area contributed by atoms with Crippen LogP contribution in [0.25, 0.3) is 0 Å². The summed E-state index contributed by atoms with van der Waals surface area (Å²) in [7, 11) is 3.98. The molecule has 1 aliphatic rings. The van der Waals surface area contributed by atoms with Crippen LogP contribution >= 0.6 is 0 Å². The fraction of sp³-hybridized carbons (Fsp3) is 0.750. The van der Waals surface area contributed by atoms with Crippen molar-refractivity contribution in [3.8, 4) is 0 Å². The molecule has 5 heteroatoms. The molecule has 0 saturated carbocycles. The van der Waals surface area contributed by atoms with Gasteiger partial charge < -0.3 is 15.0 Å². The molecule has 0 aliphatic carbocycles. The van der Waals surface area contributed by atoms with Crippen molar-refractivity contribution < 1.29 is 4.74 Å². The van der Waals surface area contributed by atoms with E-state index in [1.54, 1.807) is 12.4 Å². The van der Waals surface area contributed by atoms with E-state index in [1.165, 1.54) is 12.8 Å². The second kappa shape index (κ2) is 7.59. The van der Waals surface area contributed by atoms with E-state index >= 15 is 0 Å². The molecule has 1 aromatic rings. The van der Waals surface area contributed by atoms with E-state index in [9.17, 15) is 0 Å². The lowest BCUT2D eigenvalue weighted by atomic mass is 9.89. The van der Waals surface area contributed by atoms with Crippen molar-refractivity contribution in [3.05, 3.63) is 12.4 Å². The van der Waals surface area contributed by atoms with Crippen LogP contribution in [0.4, 0.5) is 11.6 Å². The molecule has 21 heavy (non-hydrogen) atoms. The molecule has 2 unspecified atom stereocenters. The molecule has 2 heterocycles. The number of ether oxygens (including phenoxy) is 1. The van der Waals surface area contributed by atoms with Gasteiger partial charge in [-0.3, -0.25) is 0 Å². The quantitative estimate of drug-likeness (QED) is 0.873. The summed E-state index contributed by atoms with van der Waals surface area (Å²) in [6.07, 6.45) is 8.29. The minimum absolute atomic E-state index is 0.366. The van der Waals surface area contributed by atoms with Crippen LogP contribution in [0, 0.1) is 5.92 Å². The lowest BCUT2D eigenvalue weighted by Crippen LogP contribution is -2.38. The molecular weight excluding hydrogens is 264 g/mol. The number of nitrogens with zero attached hydrogens (tertiary/aromatic N) is 3. The van der Waals surface area contributed by atoms with Gasteiger partial charge in [-0.25, -0.2) is 9.97 Å². The largest absolute Gasteiger partial charge is 0.378 e. The molecule has 118 valence electrons. The van der Waals surface area contributed by atoms with Crippen LogP contribution in [0.3, 0.4) is 0 Å². The number of nitrogens with one attached hydrogen (secondary N) is 1. The predicted octanol–water partition coefficient (Wildman–Crippen LogP) is 2.94. The van der Waals surface area contributed by atoms with Crippen LogP contribution < -0.4 is 10.2 Å². The van der Waals surface area contributed by atoms with Crippen LogP contribution in [0.2, 0.25) is 0 Å². The fourth-order valence-electron chi connectivity index (χ4n) is 3.06. The van der Waals surface area contributed by atoms with E-state index in [2.05, 4.69) is 29.1 Å². The summed E-state index contributed by atoms with van der Waals surface area (Å²) in [5, 5.41) is 3.57. The maximum atomic E-state index is 5.98. The summed E-state index contributed by atoms with van der Waals surface area (Å²) >= 11 is 0. The highest BCUT2D eigenvalue weighted by Gasteiger charge is 2.28. The van der Waals surface area contributed by atoms with Gasteiger partial charge >= 0.3 is 0 Å². The van der Waals surface area contributed by atoms with E-state index < -0.39 is 0 Å². The van der Waals surface area contributed by atoms with Crippen LogP contribution in [0.5, 0.6) is 0 Å². The van der Waals surface area contributed by atoms with Crippen LogP contribution in [0.15, 0.2) is 12.4 Å². The first-order valence-electron chi connectivity index (χ1n) is 8.02. The third-order valence-corrected chi connectivity index (χ3v) is 4.33. The molecule has 0 amide bonds. The smallest absolute Gasteiger partial charge is 0.171 e. The summed E-state index contributed by atoms with van der Waals surface area (Å²) in [5.41, 5.74) is 0. The summed E-state index contributed by atoms with van der Waals surface area (Å²) in [5.74, 6) is 2.42. The van der Waals surface area contributed by atoms with Gasteiger partial charge in [0.05, 0.1) is 6.10 Å². The normalized spacial score (nSPS) is 22.3. The predicted molar refractivity (Wildman–Crippen MR) is 86.8 cm³/mol. The number of rotatable bonds is 6. The number of hydrogen-bond acceptors (Lipinski definition) is 5. The standard InChI is InChI=1S/C16H28N4O/c1-5-12(6-2)14-11-13(7-10-21-14)19-15-16(20(3)4)18-9-8-17-15/h8-9,12-14H,5-7,10-11H2,1-4H3,(H,17,19). The Labute approximate surface area is 128 Å². The molecule has 5 nitrogen and oxygen atoms in total. The SMILES string of the molecule is CCC(CC)C1CC(Nc2nccnc2N(C)C)CCO1. The van der Waals surface area contributed by atoms with Crippen LogP contribution in [0.1, 0.15) is 39.5 Å². The number of hydrogen-bond donors (Lipinski definition) is 1. The lowest BCUT2D eigenvalue weighted by molar-refractivity contribution is -0.0271. The third kappa shape index (κ3) is 4.06. The highest BCUT2D eigenvalue weighted by Crippen LogP contribution is 2.28. The van der Waals surface area contributed by atoms with E-state index in [-0.39, 0.29) is 0 Å². The molecule has 1 aliphatic heterocycles. The minimum Gasteiger partial charge on any atom is -0.378 e. The van der Waals surface area contributed by atoms with Crippen LogP contribution in [-0.4, -0.2) is 42.8 Å². The van der Waals surface area contributed by atoms with E-state index in [1.807, 2.05) is 19.0 Å². The van der Waals surface area contributed by atoms with Gasteiger partial charge in [-0.2, -0.15) is 0 Å². The summed E-state index contributed by atoms with van der Waals surface area (Å²) in [6, 6.07) is 0.416. The highest BCUT2D eigenvalue weighted by atomic mass is 16.5. The molecule has 2 rings (SSSR count). The average Bonchev–Trinajstić information content (AvgIpc) is 2.49. The Bertz CT molecular complexity index is 434. The Kier molecular flexibility index (Phi) is 5.79. The topological polar surface area (TPSA) is 50.3 Å². The second-order valence-corrected chi connectivity index (χ2v) is 5.97. The van der Waals surface area contributed by atoms with Gasteiger partial charge in [0, 0.05) is 39.1 Å². The molecule has 0 bridgehead atoms. The van der Waals surface area contributed by atoms with Gasteiger partial charge in [0.15, 0.2) is 11.6 Å². The first-order chi connectivity index (χ1) is 10.2. The maximum Gasteiger partial charge on any atom is 0.171 e. The van der Waals surface area contributed by atoms with Gasteiger partial charge in [-0.05, 0) is 18.8 Å². The molecule has 1 saturated heterocycles. The maximum absolute atomic E-state index is 5.98. The Balaban J connectivity index is 2.03. The van der Waals surface area contributed by atoms with Crippen molar-refractivity contribution in [2.75, 3.05) is 30.9 Å². The Hall–Kier alpha value is -1.36.